The number of nitrogens with one attached hydrogen (secondary N) is 1. The third-order valence-electron chi connectivity index (χ3n) is 2.85. The van der Waals surface area contributed by atoms with Crippen molar-refractivity contribution in [2.45, 2.75) is 19.8 Å². The highest BCUT2D eigenvalue weighted by Crippen LogP contribution is 2.27. The van der Waals surface area contributed by atoms with Crippen molar-refractivity contribution in [3.63, 3.8) is 0 Å². The number of ether oxygens (including phenoxy) is 1. The fraction of sp³-hybridized carbons (Fsp3) is 0.200. The first kappa shape index (κ1) is 15.2. The van der Waals surface area contributed by atoms with Crippen LogP contribution in [0.1, 0.15) is 11.1 Å². The average molecular weight is 297 g/mol. The number of benzene rings is 2. The molecule has 2 rings (SSSR count). The van der Waals surface area contributed by atoms with Crippen LogP contribution in [0, 0.1) is 5.82 Å². The summed E-state index contributed by atoms with van der Waals surface area (Å²) in [7, 11) is 0. The Balaban J connectivity index is 2.07. The molecule has 2 aromatic carbocycles. The monoisotopic (exact) mass is 297 g/mol. The molecule has 0 heterocycles. The fourth-order valence-corrected chi connectivity index (χ4v) is 1.80. The van der Waals surface area contributed by atoms with Gasteiger partial charge in [0.2, 0.25) is 0 Å². The van der Waals surface area contributed by atoms with E-state index in [-0.39, 0.29) is 18.0 Å². The molecule has 0 amide bonds. The molecule has 21 heavy (non-hydrogen) atoms. The van der Waals surface area contributed by atoms with Crippen molar-refractivity contribution in [3.05, 3.63) is 59.4 Å². The number of hydrogen-bond acceptors (Lipinski definition) is 3. The minimum Gasteiger partial charge on any atom is -0.433 e. The highest BCUT2D eigenvalue weighted by molar-refractivity contribution is 5.56. The van der Waals surface area contributed by atoms with E-state index in [1.54, 1.807) is 24.3 Å². The SMILES string of the molecule is OCc1ccc(CNc2ccc(F)cc2OC(F)F)cc1. The van der Waals surface area contributed by atoms with Crippen LogP contribution in [0.3, 0.4) is 0 Å². The topological polar surface area (TPSA) is 41.5 Å². The first-order chi connectivity index (χ1) is 10.1. The molecule has 3 nitrogen and oxygen atoms in total. The van der Waals surface area contributed by atoms with E-state index >= 15 is 0 Å². The quantitative estimate of drug-likeness (QED) is 0.857. The van der Waals surface area contributed by atoms with Crippen molar-refractivity contribution in [2.24, 2.45) is 0 Å². The van der Waals surface area contributed by atoms with Crippen molar-refractivity contribution in [1.82, 2.24) is 0 Å². The summed E-state index contributed by atoms with van der Waals surface area (Å²) in [6, 6.07) is 10.5. The van der Waals surface area contributed by atoms with E-state index in [0.717, 1.165) is 23.3 Å². The summed E-state index contributed by atoms with van der Waals surface area (Å²) < 4.78 is 41.9. The molecule has 2 N–H and O–H groups in total. The number of rotatable bonds is 6. The first-order valence-corrected chi connectivity index (χ1v) is 6.25. The molecule has 0 spiro atoms. The summed E-state index contributed by atoms with van der Waals surface area (Å²) in [6.07, 6.45) is 0. The van der Waals surface area contributed by atoms with E-state index in [2.05, 4.69) is 10.1 Å². The number of anilines is 1. The van der Waals surface area contributed by atoms with Gasteiger partial charge in [-0.2, -0.15) is 8.78 Å². The minimum absolute atomic E-state index is 0.0436. The van der Waals surface area contributed by atoms with Gasteiger partial charge < -0.3 is 15.2 Å². The predicted molar refractivity (Wildman–Crippen MR) is 72.7 cm³/mol. The average Bonchev–Trinajstić information content (AvgIpc) is 2.46. The van der Waals surface area contributed by atoms with Crippen LogP contribution >= 0.6 is 0 Å². The summed E-state index contributed by atoms with van der Waals surface area (Å²) in [5.74, 6) is -0.888. The lowest BCUT2D eigenvalue weighted by molar-refractivity contribution is -0.0495. The summed E-state index contributed by atoms with van der Waals surface area (Å²) in [6.45, 7) is -2.70. The van der Waals surface area contributed by atoms with Crippen molar-refractivity contribution in [3.8, 4) is 5.75 Å². The van der Waals surface area contributed by atoms with E-state index < -0.39 is 12.4 Å². The van der Waals surface area contributed by atoms with Gasteiger partial charge in [-0.3, -0.25) is 0 Å². The molecule has 112 valence electrons. The molecule has 2 aromatic rings. The zero-order valence-electron chi connectivity index (χ0n) is 11.0. The lowest BCUT2D eigenvalue weighted by Gasteiger charge is -2.13. The highest BCUT2D eigenvalue weighted by atomic mass is 19.3. The van der Waals surface area contributed by atoms with Gasteiger partial charge in [-0.1, -0.05) is 24.3 Å². The van der Waals surface area contributed by atoms with E-state index in [4.69, 9.17) is 5.11 Å². The second-order valence-electron chi connectivity index (χ2n) is 4.35. The Morgan fingerprint density at radius 3 is 2.33 bits per heavy atom. The second-order valence-corrected chi connectivity index (χ2v) is 4.35. The third kappa shape index (κ3) is 4.39. The van der Waals surface area contributed by atoms with E-state index in [9.17, 15) is 13.2 Å². The smallest absolute Gasteiger partial charge is 0.387 e. The fourth-order valence-electron chi connectivity index (χ4n) is 1.80. The molecular formula is C15H14F3NO2. The molecule has 0 unspecified atom stereocenters. The molecule has 0 saturated carbocycles. The number of aliphatic hydroxyl groups is 1. The van der Waals surface area contributed by atoms with E-state index in [1.807, 2.05) is 0 Å². The Morgan fingerprint density at radius 1 is 1.05 bits per heavy atom. The highest BCUT2D eigenvalue weighted by Gasteiger charge is 2.10. The molecule has 0 radical (unpaired) electrons. The molecule has 0 fully saturated rings. The van der Waals surface area contributed by atoms with Gasteiger partial charge in [-0.15, -0.1) is 0 Å². The van der Waals surface area contributed by atoms with Gasteiger partial charge in [0.05, 0.1) is 12.3 Å². The van der Waals surface area contributed by atoms with Crippen molar-refractivity contribution < 1.29 is 23.0 Å². The lowest BCUT2D eigenvalue weighted by atomic mass is 10.1. The summed E-state index contributed by atoms with van der Waals surface area (Å²) >= 11 is 0. The van der Waals surface area contributed by atoms with Crippen molar-refractivity contribution in [1.29, 1.82) is 0 Å². The molecule has 0 aliphatic rings. The van der Waals surface area contributed by atoms with Crippen molar-refractivity contribution in [2.75, 3.05) is 5.32 Å². The number of alkyl halides is 2. The maximum atomic E-state index is 13.1. The molecule has 6 heteroatoms. The van der Waals surface area contributed by atoms with Crippen LogP contribution in [0.2, 0.25) is 0 Å². The summed E-state index contributed by atoms with van der Waals surface area (Å²) in [5.41, 5.74) is 1.95. The molecule has 0 aromatic heterocycles. The Morgan fingerprint density at radius 2 is 1.71 bits per heavy atom. The van der Waals surface area contributed by atoms with Crippen molar-refractivity contribution >= 4 is 5.69 Å². The van der Waals surface area contributed by atoms with Crippen LogP contribution in [0.15, 0.2) is 42.5 Å². The minimum atomic E-state index is -3.02. The molecule has 0 saturated heterocycles. The van der Waals surface area contributed by atoms with Gasteiger partial charge in [0.1, 0.15) is 5.82 Å². The van der Waals surface area contributed by atoms with Crippen LogP contribution in [0.25, 0.3) is 0 Å². The zero-order valence-corrected chi connectivity index (χ0v) is 11.0. The predicted octanol–water partition coefficient (Wildman–Crippen LogP) is 3.53. The number of aliphatic hydroxyl groups excluding tert-OH is 1. The summed E-state index contributed by atoms with van der Waals surface area (Å²) in [5, 5.41) is 11.9. The maximum Gasteiger partial charge on any atom is 0.387 e. The Bertz CT molecular complexity index is 588. The molecular weight excluding hydrogens is 283 g/mol. The van der Waals surface area contributed by atoms with Crippen LogP contribution < -0.4 is 10.1 Å². The van der Waals surface area contributed by atoms with Crippen LogP contribution in [0.5, 0.6) is 5.75 Å². The van der Waals surface area contributed by atoms with Crippen LogP contribution in [-0.2, 0) is 13.2 Å². The summed E-state index contributed by atoms with van der Waals surface area (Å²) in [4.78, 5) is 0. The van der Waals surface area contributed by atoms with Gasteiger partial charge >= 0.3 is 6.61 Å². The standard InChI is InChI=1S/C15H14F3NO2/c16-12-5-6-13(14(7-12)21-15(17)18)19-8-10-1-3-11(9-20)4-2-10/h1-7,15,19-20H,8-9H2. The molecule has 0 aliphatic carbocycles. The van der Waals surface area contributed by atoms with Crippen LogP contribution in [0.4, 0.5) is 18.9 Å². The molecule has 0 atom stereocenters. The van der Waals surface area contributed by atoms with Gasteiger partial charge in [-0.25, -0.2) is 4.39 Å². The van der Waals surface area contributed by atoms with Crippen LogP contribution in [-0.4, -0.2) is 11.7 Å². The Kier molecular flexibility index (Phi) is 5.05. The van der Waals surface area contributed by atoms with Gasteiger partial charge in [0.25, 0.3) is 0 Å². The second kappa shape index (κ2) is 6.99. The lowest BCUT2D eigenvalue weighted by Crippen LogP contribution is -2.07. The molecule has 0 bridgehead atoms. The number of hydrogen-bond donors (Lipinski definition) is 2. The number of halogens is 3. The molecule has 0 aliphatic heterocycles. The maximum absolute atomic E-state index is 13.1. The first-order valence-electron chi connectivity index (χ1n) is 6.25. The van der Waals surface area contributed by atoms with Gasteiger partial charge in [0, 0.05) is 12.6 Å². The Labute approximate surface area is 120 Å². The van der Waals surface area contributed by atoms with E-state index in [1.165, 1.54) is 6.07 Å². The third-order valence-corrected chi connectivity index (χ3v) is 2.85. The Hall–Kier alpha value is -2.21. The normalized spacial score (nSPS) is 10.7. The zero-order chi connectivity index (χ0) is 15.2. The van der Waals surface area contributed by atoms with E-state index in [0.29, 0.717) is 6.54 Å². The van der Waals surface area contributed by atoms with Gasteiger partial charge in [0.15, 0.2) is 5.75 Å². The largest absolute Gasteiger partial charge is 0.433 e. The van der Waals surface area contributed by atoms with Gasteiger partial charge in [-0.05, 0) is 23.3 Å².